The lowest BCUT2D eigenvalue weighted by Gasteiger charge is -2.44. The van der Waals surface area contributed by atoms with E-state index < -0.39 is 5.54 Å². The van der Waals surface area contributed by atoms with Crippen LogP contribution >= 0.6 is 0 Å². The molecule has 0 aromatic rings. The van der Waals surface area contributed by atoms with Crippen molar-refractivity contribution in [3.8, 4) is 0 Å². The van der Waals surface area contributed by atoms with Crippen molar-refractivity contribution in [3.63, 3.8) is 0 Å². The van der Waals surface area contributed by atoms with Crippen LogP contribution in [0.4, 0.5) is 0 Å². The summed E-state index contributed by atoms with van der Waals surface area (Å²) in [5.74, 6) is 0. The van der Waals surface area contributed by atoms with Crippen molar-refractivity contribution in [1.82, 2.24) is 10.0 Å². The largest absolute Gasteiger partial charge is 0.288 e. The van der Waals surface area contributed by atoms with Gasteiger partial charge in [-0.3, -0.25) is 14.6 Å². The second-order valence-corrected chi connectivity index (χ2v) is 4.31. The Morgan fingerprint density at radius 2 is 1.81 bits per heavy atom. The first kappa shape index (κ1) is 13.2. The third kappa shape index (κ3) is 2.43. The van der Waals surface area contributed by atoms with Crippen LogP contribution in [-0.2, 0) is 9.59 Å². The van der Waals surface area contributed by atoms with E-state index in [4.69, 9.17) is 0 Å². The number of hydrazine groups is 1. The molecule has 0 unspecified atom stereocenters. The molecule has 4 nitrogen and oxygen atoms in total. The lowest BCUT2D eigenvalue weighted by Crippen LogP contribution is -2.58. The molecule has 0 N–H and O–H groups in total. The molecule has 0 bridgehead atoms. The fourth-order valence-corrected chi connectivity index (χ4v) is 2.30. The molecule has 1 amide bonds. The van der Waals surface area contributed by atoms with Crippen LogP contribution in [0.5, 0.6) is 0 Å². The van der Waals surface area contributed by atoms with Crippen LogP contribution in [-0.4, -0.2) is 41.3 Å². The average Bonchev–Trinajstić information content (AvgIpc) is 2.37. The first-order valence-electron chi connectivity index (χ1n) is 6.13. The molecule has 0 saturated carbocycles. The van der Waals surface area contributed by atoms with Crippen molar-refractivity contribution in [2.24, 2.45) is 0 Å². The topological polar surface area (TPSA) is 40.6 Å². The Labute approximate surface area is 97.6 Å². The summed E-state index contributed by atoms with van der Waals surface area (Å²) in [5.41, 5.74) is -0.765. The zero-order valence-electron chi connectivity index (χ0n) is 10.2. The van der Waals surface area contributed by atoms with Crippen molar-refractivity contribution in [2.75, 3.05) is 13.1 Å². The minimum absolute atomic E-state index is 0.613. The van der Waals surface area contributed by atoms with E-state index in [1.165, 1.54) is 6.42 Å². The van der Waals surface area contributed by atoms with Gasteiger partial charge in [0.2, 0.25) is 12.7 Å². The third-order valence-corrected chi connectivity index (χ3v) is 3.54. The average molecular weight is 225 g/mol. The molecule has 0 aromatic heterocycles. The van der Waals surface area contributed by atoms with Gasteiger partial charge in [-0.05, 0) is 25.7 Å². The molecule has 1 radical (unpaired) electrons. The number of carbonyl (C=O) groups excluding carboxylic acids is 2. The van der Waals surface area contributed by atoms with E-state index in [9.17, 15) is 9.59 Å². The van der Waals surface area contributed by atoms with Gasteiger partial charge in [-0.1, -0.05) is 20.3 Å². The Morgan fingerprint density at radius 1 is 1.25 bits per heavy atom. The summed E-state index contributed by atoms with van der Waals surface area (Å²) in [7, 11) is 0. The lowest BCUT2D eigenvalue weighted by atomic mass is 9.94. The molecule has 1 rings (SSSR count). The number of amides is 1. The van der Waals surface area contributed by atoms with E-state index in [1.807, 2.05) is 18.9 Å². The quantitative estimate of drug-likeness (QED) is 0.643. The van der Waals surface area contributed by atoms with Crippen molar-refractivity contribution < 1.29 is 9.59 Å². The van der Waals surface area contributed by atoms with Crippen molar-refractivity contribution in [2.45, 2.75) is 51.5 Å². The fraction of sp³-hybridized carbons (Fsp3) is 0.833. The Kier molecular flexibility index (Phi) is 4.93. The monoisotopic (exact) mass is 225 g/mol. The fourth-order valence-electron chi connectivity index (χ4n) is 2.30. The zero-order valence-corrected chi connectivity index (χ0v) is 10.2. The maximum atomic E-state index is 11.2. The maximum absolute atomic E-state index is 11.2. The molecule has 16 heavy (non-hydrogen) atoms. The van der Waals surface area contributed by atoms with Crippen LogP contribution in [0.2, 0.25) is 0 Å². The summed E-state index contributed by atoms with van der Waals surface area (Å²) < 4.78 is 0. The number of piperidine rings is 1. The van der Waals surface area contributed by atoms with Crippen LogP contribution in [0.1, 0.15) is 46.0 Å². The van der Waals surface area contributed by atoms with E-state index in [1.54, 1.807) is 5.01 Å². The Balaban J connectivity index is 2.84. The number of carbonyl (C=O) groups is 1. The van der Waals surface area contributed by atoms with Gasteiger partial charge in [0.25, 0.3) is 0 Å². The third-order valence-electron chi connectivity index (χ3n) is 3.54. The molecular formula is C12H21N2O2. The van der Waals surface area contributed by atoms with Crippen LogP contribution in [0.3, 0.4) is 0 Å². The van der Waals surface area contributed by atoms with Crippen molar-refractivity contribution in [1.29, 1.82) is 0 Å². The summed E-state index contributed by atoms with van der Waals surface area (Å²) in [4.78, 5) is 22.4. The first-order chi connectivity index (χ1) is 7.74. The van der Waals surface area contributed by atoms with Crippen LogP contribution < -0.4 is 0 Å². The Morgan fingerprint density at radius 3 is 2.19 bits per heavy atom. The molecule has 1 aliphatic heterocycles. The summed E-state index contributed by atoms with van der Waals surface area (Å²) in [6.07, 6.45) is 7.46. The highest BCUT2D eigenvalue weighted by atomic mass is 16.2. The van der Waals surface area contributed by atoms with Crippen LogP contribution in [0, 0.1) is 0 Å². The SMILES string of the molecule is CCC([C]=O)(CC)N(C=O)N1CCCCC1. The van der Waals surface area contributed by atoms with Crippen LogP contribution in [0.25, 0.3) is 0 Å². The molecule has 1 aliphatic rings. The van der Waals surface area contributed by atoms with Gasteiger partial charge < -0.3 is 0 Å². The van der Waals surface area contributed by atoms with Crippen molar-refractivity contribution in [3.05, 3.63) is 0 Å². The summed E-state index contributed by atoms with van der Waals surface area (Å²) in [6.45, 7) is 5.58. The van der Waals surface area contributed by atoms with Gasteiger partial charge in [0, 0.05) is 13.1 Å². The number of nitrogens with zero attached hydrogens (tertiary/aromatic N) is 2. The van der Waals surface area contributed by atoms with Gasteiger partial charge in [-0.2, -0.15) is 0 Å². The van der Waals surface area contributed by atoms with Gasteiger partial charge in [0.05, 0.1) is 0 Å². The second-order valence-electron chi connectivity index (χ2n) is 4.31. The highest BCUT2D eigenvalue weighted by Crippen LogP contribution is 2.24. The molecule has 1 heterocycles. The predicted octanol–water partition coefficient (Wildman–Crippen LogP) is 1.51. The standard InChI is InChI=1S/C12H21N2O2/c1-3-12(4-2,10-15)14(11-16)13-8-6-5-7-9-13/h11H,3-9H2,1-2H3. The van der Waals surface area contributed by atoms with Gasteiger partial charge >= 0.3 is 0 Å². The van der Waals surface area contributed by atoms with E-state index in [0.717, 1.165) is 32.3 Å². The smallest absolute Gasteiger partial charge is 0.228 e. The Bertz CT molecular complexity index is 233. The molecule has 0 spiro atoms. The molecule has 0 aromatic carbocycles. The molecule has 4 heteroatoms. The zero-order chi connectivity index (χ0) is 12.0. The highest BCUT2D eigenvalue weighted by Gasteiger charge is 2.37. The van der Waals surface area contributed by atoms with Crippen molar-refractivity contribution >= 4 is 12.7 Å². The normalized spacial score (nSPS) is 18.1. The minimum atomic E-state index is -0.765. The predicted molar refractivity (Wildman–Crippen MR) is 62.3 cm³/mol. The second kappa shape index (κ2) is 5.99. The maximum Gasteiger partial charge on any atom is 0.228 e. The molecule has 1 saturated heterocycles. The van der Waals surface area contributed by atoms with E-state index in [-0.39, 0.29) is 0 Å². The summed E-state index contributed by atoms with van der Waals surface area (Å²) >= 11 is 0. The molecular weight excluding hydrogens is 204 g/mol. The number of hydrogen-bond donors (Lipinski definition) is 0. The first-order valence-corrected chi connectivity index (χ1v) is 6.13. The number of rotatable bonds is 6. The minimum Gasteiger partial charge on any atom is -0.288 e. The van der Waals surface area contributed by atoms with Gasteiger partial charge in [0.1, 0.15) is 5.54 Å². The van der Waals surface area contributed by atoms with Crippen LogP contribution in [0.15, 0.2) is 0 Å². The molecule has 0 aliphatic carbocycles. The van der Waals surface area contributed by atoms with Gasteiger partial charge in [-0.25, -0.2) is 5.01 Å². The lowest BCUT2D eigenvalue weighted by molar-refractivity contribution is -0.149. The highest BCUT2D eigenvalue weighted by molar-refractivity contribution is 5.69. The summed E-state index contributed by atoms with van der Waals surface area (Å²) in [5, 5.41) is 3.56. The molecule has 91 valence electrons. The summed E-state index contributed by atoms with van der Waals surface area (Å²) in [6, 6.07) is 0. The van der Waals surface area contributed by atoms with Gasteiger partial charge in [0.15, 0.2) is 0 Å². The molecule has 1 fully saturated rings. The van der Waals surface area contributed by atoms with Gasteiger partial charge in [-0.15, -0.1) is 0 Å². The van der Waals surface area contributed by atoms with E-state index >= 15 is 0 Å². The van der Waals surface area contributed by atoms with E-state index in [2.05, 4.69) is 6.29 Å². The Hall–Kier alpha value is -0.900. The molecule has 0 atom stereocenters. The number of hydrogen-bond acceptors (Lipinski definition) is 3. The van der Waals surface area contributed by atoms with E-state index in [0.29, 0.717) is 12.8 Å².